The van der Waals surface area contributed by atoms with Gasteiger partial charge < -0.3 is 10.2 Å². The molecule has 0 radical (unpaired) electrons. The Labute approximate surface area is 124 Å². The Kier molecular flexibility index (Phi) is 4.90. The van der Waals surface area contributed by atoms with E-state index in [-0.39, 0.29) is 18.4 Å². The van der Waals surface area contributed by atoms with Gasteiger partial charge in [-0.1, -0.05) is 6.92 Å². The molecule has 0 aliphatic carbocycles. The summed E-state index contributed by atoms with van der Waals surface area (Å²) in [5.74, 6) is 0.138. The molecule has 2 amide bonds. The Hall–Kier alpha value is -1.95. The number of imide groups is 1. The summed E-state index contributed by atoms with van der Waals surface area (Å²) in [6, 6.07) is 1.66. The molecular formula is C15H22N4O2. The predicted molar refractivity (Wildman–Crippen MR) is 80.9 cm³/mol. The van der Waals surface area contributed by atoms with Crippen molar-refractivity contribution in [2.75, 3.05) is 18.0 Å². The number of carbonyl (C=O) groups is 2. The average Bonchev–Trinajstić information content (AvgIpc) is 2.44. The fourth-order valence-corrected chi connectivity index (χ4v) is 2.41. The fourth-order valence-electron chi connectivity index (χ4n) is 2.41. The van der Waals surface area contributed by atoms with Crippen molar-refractivity contribution in [3.63, 3.8) is 0 Å². The molecule has 1 fully saturated rings. The van der Waals surface area contributed by atoms with Crippen LogP contribution >= 0.6 is 0 Å². The van der Waals surface area contributed by atoms with Crippen molar-refractivity contribution in [1.82, 2.24) is 15.6 Å². The fraction of sp³-hybridized carbons (Fsp3) is 0.533. The third-order valence-corrected chi connectivity index (χ3v) is 3.56. The monoisotopic (exact) mass is 290 g/mol. The molecule has 2 N–H and O–H groups in total. The molecule has 1 aromatic heterocycles. The molecule has 2 rings (SSSR count). The van der Waals surface area contributed by atoms with Crippen LogP contribution in [0, 0.1) is 6.92 Å². The van der Waals surface area contributed by atoms with E-state index in [1.165, 1.54) is 0 Å². The number of rotatable bonds is 5. The Balaban J connectivity index is 2.16. The standard InChI is InChI=1S/C15H22N4O2/c1-4-5-16-7-12-6-10(2)14(17-8-12)19-9-13(20)18-15(21)11(19)3/h6,8,11,16H,4-5,7,9H2,1-3H3,(H,18,20,21). The largest absolute Gasteiger partial charge is 0.335 e. The number of piperazine rings is 1. The zero-order valence-corrected chi connectivity index (χ0v) is 12.8. The summed E-state index contributed by atoms with van der Waals surface area (Å²) in [5.41, 5.74) is 2.07. The van der Waals surface area contributed by atoms with Crippen molar-refractivity contribution < 1.29 is 9.59 Å². The van der Waals surface area contributed by atoms with Crippen LogP contribution in [0.2, 0.25) is 0 Å². The summed E-state index contributed by atoms with van der Waals surface area (Å²) in [4.78, 5) is 29.5. The normalized spacial score (nSPS) is 18.8. The van der Waals surface area contributed by atoms with Crippen LogP contribution < -0.4 is 15.5 Å². The second kappa shape index (κ2) is 6.67. The molecule has 1 aromatic rings. The zero-order valence-electron chi connectivity index (χ0n) is 12.8. The van der Waals surface area contributed by atoms with E-state index < -0.39 is 6.04 Å². The first-order chi connectivity index (χ1) is 10.0. The number of nitrogens with one attached hydrogen (secondary N) is 2. The lowest BCUT2D eigenvalue weighted by molar-refractivity contribution is -0.132. The van der Waals surface area contributed by atoms with E-state index in [9.17, 15) is 9.59 Å². The minimum absolute atomic E-state index is 0.161. The number of hydrogen-bond acceptors (Lipinski definition) is 5. The maximum absolute atomic E-state index is 11.7. The highest BCUT2D eigenvalue weighted by Crippen LogP contribution is 2.21. The van der Waals surface area contributed by atoms with E-state index in [0.717, 1.165) is 30.6 Å². The van der Waals surface area contributed by atoms with E-state index in [0.29, 0.717) is 5.82 Å². The molecule has 1 atom stereocenters. The van der Waals surface area contributed by atoms with Gasteiger partial charge in [0, 0.05) is 12.7 Å². The highest BCUT2D eigenvalue weighted by molar-refractivity contribution is 6.04. The SMILES string of the molecule is CCCNCc1cnc(N2CC(=O)NC(=O)C2C)c(C)c1. The van der Waals surface area contributed by atoms with Crippen molar-refractivity contribution in [3.8, 4) is 0 Å². The second-order valence-electron chi connectivity index (χ2n) is 5.38. The molecular weight excluding hydrogens is 268 g/mol. The molecule has 0 saturated carbocycles. The first-order valence-electron chi connectivity index (χ1n) is 7.29. The Bertz CT molecular complexity index is 544. The van der Waals surface area contributed by atoms with Crippen LogP contribution in [-0.2, 0) is 16.1 Å². The van der Waals surface area contributed by atoms with Gasteiger partial charge in [-0.3, -0.25) is 14.9 Å². The molecule has 1 unspecified atom stereocenters. The highest BCUT2D eigenvalue weighted by atomic mass is 16.2. The lowest BCUT2D eigenvalue weighted by atomic mass is 10.1. The van der Waals surface area contributed by atoms with Crippen molar-refractivity contribution in [1.29, 1.82) is 0 Å². The van der Waals surface area contributed by atoms with Crippen LogP contribution in [0.15, 0.2) is 12.3 Å². The van der Waals surface area contributed by atoms with Crippen LogP contribution in [0.4, 0.5) is 5.82 Å². The van der Waals surface area contributed by atoms with Crippen LogP contribution in [0.1, 0.15) is 31.4 Å². The molecule has 1 aliphatic rings. The van der Waals surface area contributed by atoms with Gasteiger partial charge in [0.25, 0.3) is 0 Å². The lowest BCUT2D eigenvalue weighted by Gasteiger charge is -2.33. The Morgan fingerprint density at radius 2 is 2.24 bits per heavy atom. The zero-order chi connectivity index (χ0) is 15.4. The molecule has 1 saturated heterocycles. The molecule has 0 spiro atoms. The summed E-state index contributed by atoms with van der Waals surface area (Å²) in [7, 11) is 0. The van der Waals surface area contributed by atoms with E-state index >= 15 is 0 Å². The van der Waals surface area contributed by atoms with Gasteiger partial charge in [0.15, 0.2) is 0 Å². The van der Waals surface area contributed by atoms with E-state index in [4.69, 9.17) is 0 Å². The van der Waals surface area contributed by atoms with Crippen molar-refractivity contribution in [2.45, 2.75) is 39.8 Å². The van der Waals surface area contributed by atoms with Gasteiger partial charge in [-0.25, -0.2) is 4.98 Å². The first kappa shape index (κ1) is 15.4. The van der Waals surface area contributed by atoms with Gasteiger partial charge in [-0.15, -0.1) is 0 Å². The molecule has 114 valence electrons. The molecule has 6 heteroatoms. The highest BCUT2D eigenvalue weighted by Gasteiger charge is 2.31. The molecule has 2 heterocycles. The van der Waals surface area contributed by atoms with Crippen molar-refractivity contribution >= 4 is 17.6 Å². The number of pyridine rings is 1. The maximum Gasteiger partial charge on any atom is 0.249 e. The average molecular weight is 290 g/mol. The van der Waals surface area contributed by atoms with E-state index in [1.807, 2.05) is 6.92 Å². The topological polar surface area (TPSA) is 74.3 Å². The van der Waals surface area contributed by atoms with Gasteiger partial charge >= 0.3 is 0 Å². The summed E-state index contributed by atoms with van der Waals surface area (Å²) >= 11 is 0. The summed E-state index contributed by atoms with van der Waals surface area (Å²) in [6.45, 7) is 7.76. The third-order valence-electron chi connectivity index (χ3n) is 3.56. The number of amides is 2. The van der Waals surface area contributed by atoms with Crippen LogP contribution in [0.3, 0.4) is 0 Å². The number of aryl methyl sites for hydroxylation is 1. The minimum atomic E-state index is -0.391. The summed E-state index contributed by atoms with van der Waals surface area (Å²) < 4.78 is 0. The summed E-state index contributed by atoms with van der Waals surface area (Å²) in [6.07, 6.45) is 2.89. The van der Waals surface area contributed by atoms with Crippen molar-refractivity contribution in [3.05, 3.63) is 23.4 Å². The molecule has 1 aliphatic heterocycles. The van der Waals surface area contributed by atoms with Gasteiger partial charge in [-0.05, 0) is 44.0 Å². The number of aromatic nitrogens is 1. The second-order valence-corrected chi connectivity index (χ2v) is 5.38. The number of anilines is 1. The quantitative estimate of drug-likeness (QED) is 0.618. The Morgan fingerprint density at radius 3 is 2.90 bits per heavy atom. The third kappa shape index (κ3) is 3.58. The Morgan fingerprint density at radius 1 is 1.48 bits per heavy atom. The number of nitrogens with zero attached hydrogens (tertiary/aromatic N) is 2. The molecule has 0 aromatic carbocycles. The van der Waals surface area contributed by atoms with Crippen LogP contribution in [0.5, 0.6) is 0 Å². The predicted octanol–water partition coefficient (Wildman–Crippen LogP) is 0.741. The maximum atomic E-state index is 11.7. The van der Waals surface area contributed by atoms with Crippen LogP contribution in [0.25, 0.3) is 0 Å². The van der Waals surface area contributed by atoms with Gasteiger partial charge in [0.2, 0.25) is 11.8 Å². The first-order valence-corrected chi connectivity index (χ1v) is 7.29. The number of carbonyl (C=O) groups excluding carboxylic acids is 2. The minimum Gasteiger partial charge on any atom is -0.335 e. The van der Waals surface area contributed by atoms with Crippen molar-refractivity contribution in [2.24, 2.45) is 0 Å². The molecule has 0 bridgehead atoms. The lowest BCUT2D eigenvalue weighted by Crippen LogP contribution is -2.57. The smallest absolute Gasteiger partial charge is 0.249 e. The molecule has 6 nitrogen and oxygen atoms in total. The van der Waals surface area contributed by atoms with E-state index in [2.05, 4.69) is 28.6 Å². The van der Waals surface area contributed by atoms with Gasteiger partial charge in [0.05, 0.1) is 6.54 Å². The van der Waals surface area contributed by atoms with E-state index in [1.54, 1.807) is 18.0 Å². The van der Waals surface area contributed by atoms with Gasteiger partial charge in [0.1, 0.15) is 11.9 Å². The summed E-state index contributed by atoms with van der Waals surface area (Å²) in [5, 5.41) is 5.67. The van der Waals surface area contributed by atoms with Gasteiger partial charge in [-0.2, -0.15) is 0 Å². The van der Waals surface area contributed by atoms with Crippen LogP contribution in [-0.4, -0.2) is 35.9 Å². The molecule has 21 heavy (non-hydrogen) atoms. The number of hydrogen-bond donors (Lipinski definition) is 2.